The summed E-state index contributed by atoms with van der Waals surface area (Å²) in [5.41, 5.74) is 1.58. The molecule has 0 aliphatic carbocycles. The quantitative estimate of drug-likeness (QED) is 0.738. The van der Waals surface area contributed by atoms with Crippen LogP contribution in [0.1, 0.15) is 13.3 Å². The average Bonchev–Trinajstić information content (AvgIpc) is 2.49. The van der Waals surface area contributed by atoms with Crippen molar-refractivity contribution in [3.05, 3.63) is 10.6 Å². The second-order valence-electron chi connectivity index (χ2n) is 3.40. The molecule has 4 heteroatoms. The summed E-state index contributed by atoms with van der Waals surface area (Å²) in [6.45, 7) is 4.92. The maximum Gasteiger partial charge on any atom is 0.0432 e. The Morgan fingerprint density at radius 3 is 3.00 bits per heavy atom. The lowest BCUT2D eigenvalue weighted by molar-refractivity contribution is 0.406. The molecule has 0 aromatic rings. The van der Waals surface area contributed by atoms with Crippen molar-refractivity contribution in [1.82, 2.24) is 10.6 Å². The Morgan fingerprint density at radius 1 is 1.75 bits per heavy atom. The highest BCUT2D eigenvalue weighted by atomic mass is 35.5. The molecule has 70 valence electrons. The van der Waals surface area contributed by atoms with E-state index in [9.17, 15) is 0 Å². The first-order valence-electron chi connectivity index (χ1n) is 4.07. The molecule has 1 unspecified atom stereocenters. The van der Waals surface area contributed by atoms with Crippen molar-refractivity contribution in [2.75, 3.05) is 19.6 Å². The van der Waals surface area contributed by atoms with Gasteiger partial charge in [-0.2, -0.15) is 0 Å². The second-order valence-corrected chi connectivity index (χ2v) is 4.10. The number of rotatable bonds is 3. The lowest BCUT2D eigenvalue weighted by Gasteiger charge is -2.24. The summed E-state index contributed by atoms with van der Waals surface area (Å²) < 4.78 is 0. The third-order valence-corrected chi connectivity index (χ3v) is 2.79. The molecule has 0 saturated carbocycles. The van der Waals surface area contributed by atoms with Crippen molar-refractivity contribution >= 4 is 23.2 Å². The molecule has 1 fully saturated rings. The third kappa shape index (κ3) is 2.94. The van der Waals surface area contributed by atoms with Crippen LogP contribution in [0, 0.1) is 0 Å². The maximum absolute atomic E-state index is 5.75. The van der Waals surface area contributed by atoms with Gasteiger partial charge >= 0.3 is 0 Å². The topological polar surface area (TPSA) is 24.1 Å². The SMILES string of the molecule is CC1(NCC(Cl)=CCl)CCNC1. The molecule has 1 aliphatic heterocycles. The molecule has 2 N–H and O–H groups in total. The zero-order chi connectivity index (χ0) is 9.03. The van der Waals surface area contributed by atoms with Gasteiger partial charge in [-0.05, 0) is 19.9 Å². The number of halogens is 2. The summed E-state index contributed by atoms with van der Waals surface area (Å²) in [5.74, 6) is 0. The van der Waals surface area contributed by atoms with Gasteiger partial charge in [0, 0.05) is 29.2 Å². The molecule has 1 atom stereocenters. The van der Waals surface area contributed by atoms with Gasteiger partial charge in [-0.1, -0.05) is 23.2 Å². The van der Waals surface area contributed by atoms with Crippen LogP contribution in [0.25, 0.3) is 0 Å². The van der Waals surface area contributed by atoms with E-state index in [-0.39, 0.29) is 5.54 Å². The van der Waals surface area contributed by atoms with E-state index in [1.807, 2.05) is 0 Å². The van der Waals surface area contributed by atoms with Gasteiger partial charge in [-0.3, -0.25) is 0 Å². The number of nitrogens with one attached hydrogen (secondary N) is 2. The molecule has 0 aromatic carbocycles. The van der Waals surface area contributed by atoms with Crippen molar-refractivity contribution in [3.63, 3.8) is 0 Å². The fourth-order valence-electron chi connectivity index (χ4n) is 1.30. The molecule has 0 radical (unpaired) electrons. The van der Waals surface area contributed by atoms with Gasteiger partial charge in [-0.25, -0.2) is 0 Å². The van der Waals surface area contributed by atoms with E-state index < -0.39 is 0 Å². The van der Waals surface area contributed by atoms with Crippen LogP contribution < -0.4 is 10.6 Å². The third-order valence-electron chi connectivity index (χ3n) is 2.17. The summed E-state index contributed by atoms with van der Waals surface area (Å²) >= 11 is 11.2. The Bertz CT molecular complexity index is 174. The predicted molar refractivity (Wildman–Crippen MR) is 53.7 cm³/mol. The number of hydrogen-bond donors (Lipinski definition) is 2. The van der Waals surface area contributed by atoms with Crippen molar-refractivity contribution in [1.29, 1.82) is 0 Å². The fraction of sp³-hybridized carbons (Fsp3) is 0.750. The van der Waals surface area contributed by atoms with Crippen LogP contribution >= 0.6 is 23.2 Å². The minimum absolute atomic E-state index is 0.181. The predicted octanol–water partition coefficient (Wildman–Crippen LogP) is 1.65. The Morgan fingerprint density at radius 2 is 2.50 bits per heavy atom. The number of hydrogen-bond acceptors (Lipinski definition) is 2. The first-order valence-corrected chi connectivity index (χ1v) is 4.88. The largest absolute Gasteiger partial charge is 0.315 e. The minimum atomic E-state index is 0.181. The van der Waals surface area contributed by atoms with Crippen LogP contribution in [0.15, 0.2) is 10.6 Å². The first kappa shape index (κ1) is 10.3. The average molecular weight is 209 g/mol. The van der Waals surface area contributed by atoms with Gasteiger partial charge in [0.1, 0.15) is 0 Å². The van der Waals surface area contributed by atoms with Crippen LogP contribution in [0.2, 0.25) is 0 Å². The normalized spacial score (nSPS) is 31.1. The summed E-state index contributed by atoms with van der Waals surface area (Å²) in [5, 5.41) is 7.32. The van der Waals surface area contributed by atoms with Gasteiger partial charge in [0.25, 0.3) is 0 Å². The van der Waals surface area contributed by atoms with Gasteiger partial charge in [0.15, 0.2) is 0 Å². The fourth-order valence-corrected chi connectivity index (χ4v) is 1.45. The standard InChI is InChI=1S/C8H14Cl2N2/c1-8(2-3-11-6-8)12-5-7(10)4-9/h4,11-12H,2-3,5-6H2,1H3. The van der Waals surface area contributed by atoms with E-state index in [1.54, 1.807) is 0 Å². The van der Waals surface area contributed by atoms with E-state index in [0.29, 0.717) is 11.6 Å². The Hall–Kier alpha value is 0.240. The molecular formula is C8H14Cl2N2. The van der Waals surface area contributed by atoms with E-state index in [2.05, 4.69) is 17.6 Å². The highest BCUT2D eigenvalue weighted by molar-refractivity contribution is 6.36. The van der Waals surface area contributed by atoms with Gasteiger partial charge in [0.2, 0.25) is 0 Å². The molecule has 1 aliphatic rings. The molecule has 2 nitrogen and oxygen atoms in total. The van der Waals surface area contributed by atoms with Crippen molar-refractivity contribution < 1.29 is 0 Å². The second kappa shape index (κ2) is 4.47. The van der Waals surface area contributed by atoms with Gasteiger partial charge in [-0.15, -0.1) is 0 Å². The Balaban J connectivity index is 2.30. The Labute approximate surface area is 83.3 Å². The van der Waals surface area contributed by atoms with Crippen LogP contribution in [-0.2, 0) is 0 Å². The van der Waals surface area contributed by atoms with Crippen LogP contribution in [0.3, 0.4) is 0 Å². The molecule has 0 aromatic heterocycles. The molecular weight excluding hydrogens is 195 g/mol. The minimum Gasteiger partial charge on any atom is -0.315 e. The van der Waals surface area contributed by atoms with Crippen molar-refractivity contribution in [3.8, 4) is 0 Å². The van der Waals surface area contributed by atoms with Crippen molar-refractivity contribution in [2.45, 2.75) is 18.9 Å². The molecule has 1 heterocycles. The first-order chi connectivity index (χ1) is 5.66. The van der Waals surface area contributed by atoms with Crippen LogP contribution in [0.4, 0.5) is 0 Å². The van der Waals surface area contributed by atoms with E-state index >= 15 is 0 Å². The summed E-state index contributed by atoms with van der Waals surface area (Å²) in [4.78, 5) is 0. The molecule has 1 saturated heterocycles. The van der Waals surface area contributed by atoms with Crippen LogP contribution in [-0.4, -0.2) is 25.2 Å². The van der Waals surface area contributed by atoms with Crippen molar-refractivity contribution in [2.24, 2.45) is 0 Å². The highest BCUT2D eigenvalue weighted by Crippen LogP contribution is 2.14. The highest BCUT2D eigenvalue weighted by Gasteiger charge is 2.27. The van der Waals surface area contributed by atoms with E-state index in [4.69, 9.17) is 23.2 Å². The zero-order valence-electron chi connectivity index (χ0n) is 7.16. The van der Waals surface area contributed by atoms with E-state index in [1.165, 1.54) is 5.54 Å². The van der Waals surface area contributed by atoms with Crippen LogP contribution in [0.5, 0.6) is 0 Å². The summed E-state index contributed by atoms with van der Waals surface area (Å²) in [7, 11) is 0. The van der Waals surface area contributed by atoms with Gasteiger partial charge < -0.3 is 10.6 Å². The lowest BCUT2D eigenvalue weighted by Crippen LogP contribution is -2.44. The molecule has 0 spiro atoms. The lowest BCUT2D eigenvalue weighted by atomic mass is 10.0. The summed E-state index contributed by atoms with van der Waals surface area (Å²) in [6.07, 6.45) is 1.14. The smallest absolute Gasteiger partial charge is 0.0432 e. The molecule has 0 bridgehead atoms. The summed E-state index contributed by atoms with van der Waals surface area (Å²) in [6, 6.07) is 0. The molecule has 0 amide bonds. The maximum atomic E-state index is 5.75. The zero-order valence-corrected chi connectivity index (χ0v) is 8.67. The Kier molecular flexibility index (Phi) is 3.84. The molecule has 1 rings (SSSR count). The van der Waals surface area contributed by atoms with E-state index in [0.717, 1.165) is 19.5 Å². The monoisotopic (exact) mass is 208 g/mol. The molecule has 12 heavy (non-hydrogen) atoms. The van der Waals surface area contributed by atoms with Gasteiger partial charge in [0.05, 0.1) is 0 Å².